The highest BCUT2D eigenvalue weighted by Gasteiger charge is 2.20. The number of fused-ring (bicyclic) bond motifs is 1. The minimum Gasteiger partial charge on any atom is -0.401 e. The lowest BCUT2D eigenvalue weighted by Gasteiger charge is -2.09. The quantitative estimate of drug-likeness (QED) is 0.376. The van der Waals surface area contributed by atoms with E-state index in [2.05, 4.69) is 31.0 Å². The standard InChI is InChI=1S/C17H8BrCl3N4O2/c1-7-4-8(19)5-9-14(7)23-16(27-17(9)26)11-6-12(18)24-25(11)15-13(21)10(20)2-3-22-15/h2-6H,1H3. The number of hydrogen-bond donors (Lipinski definition) is 0. The zero-order valence-electron chi connectivity index (χ0n) is 13.5. The van der Waals surface area contributed by atoms with Gasteiger partial charge in [-0.05, 0) is 46.6 Å². The molecule has 0 aliphatic carbocycles. The Bertz CT molecular complexity index is 1270. The summed E-state index contributed by atoms with van der Waals surface area (Å²) < 4.78 is 7.30. The lowest BCUT2D eigenvalue weighted by Crippen LogP contribution is -2.08. The molecule has 0 radical (unpaired) electrons. The lowest BCUT2D eigenvalue weighted by atomic mass is 10.1. The normalized spacial score (nSPS) is 11.3. The summed E-state index contributed by atoms with van der Waals surface area (Å²) in [7, 11) is 0. The lowest BCUT2D eigenvalue weighted by molar-refractivity contribution is 0.513. The summed E-state index contributed by atoms with van der Waals surface area (Å²) >= 11 is 21.7. The first-order chi connectivity index (χ1) is 12.8. The van der Waals surface area contributed by atoms with E-state index in [0.717, 1.165) is 5.56 Å². The molecule has 0 saturated carbocycles. The molecule has 6 nitrogen and oxygen atoms in total. The molecule has 0 bridgehead atoms. The van der Waals surface area contributed by atoms with Crippen LogP contribution in [0.1, 0.15) is 5.56 Å². The molecular weight excluding hydrogens is 478 g/mol. The number of aryl methyl sites for hydroxylation is 1. The molecule has 3 heterocycles. The van der Waals surface area contributed by atoms with Gasteiger partial charge in [-0.25, -0.2) is 19.4 Å². The molecule has 0 unspecified atom stereocenters. The highest BCUT2D eigenvalue weighted by Crippen LogP contribution is 2.31. The van der Waals surface area contributed by atoms with Crippen molar-refractivity contribution in [3.05, 3.63) is 66.1 Å². The second kappa shape index (κ2) is 6.91. The van der Waals surface area contributed by atoms with Crippen LogP contribution in [0, 0.1) is 6.92 Å². The Balaban J connectivity index is 2.01. The molecule has 0 spiro atoms. The Kier molecular flexibility index (Phi) is 4.71. The smallest absolute Gasteiger partial charge is 0.347 e. The Hall–Kier alpha value is -1.93. The van der Waals surface area contributed by atoms with E-state index in [9.17, 15) is 4.79 Å². The van der Waals surface area contributed by atoms with Gasteiger partial charge in [-0.2, -0.15) is 5.10 Å². The third-order valence-electron chi connectivity index (χ3n) is 3.81. The third-order valence-corrected chi connectivity index (χ3v) is 5.20. The first-order valence-electron chi connectivity index (χ1n) is 7.52. The highest BCUT2D eigenvalue weighted by molar-refractivity contribution is 9.10. The van der Waals surface area contributed by atoms with E-state index in [1.807, 2.05) is 6.92 Å². The highest BCUT2D eigenvalue weighted by atomic mass is 79.9. The van der Waals surface area contributed by atoms with Crippen LogP contribution in [-0.4, -0.2) is 19.7 Å². The maximum absolute atomic E-state index is 12.5. The number of aromatic nitrogens is 4. The van der Waals surface area contributed by atoms with Gasteiger partial charge in [0, 0.05) is 17.3 Å². The van der Waals surface area contributed by atoms with Gasteiger partial charge in [0.15, 0.2) is 5.82 Å². The minimum atomic E-state index is -0.561. The van der Waals surface area contributed by atoms with Crippen LogP contribution >= 0.6 is 50.7 Å². The van der Waals surface area contributed by atoms with Crippen molar-refractivity contribution in [2.24, 2.45) is 0 Å². The number of nitrogens with zero attached hydrogens (tertiary/aromatic N) is 4. The third kappa shape index (κ3) is 3.25. The number of hydrogen-bond acceptors (Lipinski definition) is 5. The fourth-order valence-corrected chi connectivity index (χ4v) is 3.62. The minimum absolute atomic E-state index is 0.0639. The number of rotatable bonds is 2. The summed E-state index contributed by atoms with van der Waals surface area (Å²) in [6.45, 7) is 1.81. The van der Waals surface area contributed by atoms with Crippen molar-refractivity contribution in [1.29, 1.82) is 0 Å². The second-order valence-electron chi connectivity index (χ2n) is 5.62. The van der Waals surface area contributed by atoms with Crippen LogP contribution in [0.2, 0.25) is 15.1 Å². The van der Waals surface area contributed by atoms with Crippen molar-refractivity contribution in [2.45, 2.75) is 6.92 Å². The van der Waals surface area contributed by atoms with Crippen molar-refractivity contribution < 1.29 is 4.42 Å². The van der Waals surface area contributed by atoms with Gasteiger partial charge < -0.3 is 4.42 Å². The average Bonchev–Trinajstić information content (AvgIpc) is 2.99. The summed E-state index contributed by atoms with van der Waals surface area (Å²) in [5.74, 6) is 0.344. The van der Waals surface area contributed by atoms with Gasteiger partial charge in [-0.15, -0.1) is 0 Å². The number of benzene rings is 1. The van der Waals surface area contributed by atoms with Crippen LogP contribution in [0.3, 0.4) is 0 Å². The summed E-state index contributed by atoms with van der Waals surface area (Å²) in [5.41, 5.74) is 1.05. The maximum atomic E-state index is 12.5. The van der Waals surface area contributed by atoms with E-state index in [4.69, 9.17) is 39.2 Å². The molecule has 27 heavy (non-hydrogen) atoms. The Labute approximate surface area is 175 Å². The van der Waals surface area contributed by atoms with E-state index in [1.54, 1.807) is 18.2 Å². The van der Waals surface area contributed by atoms with Gasteiger partial charge in [0.2, 0.25) is 5.89 Å². The van der Waals surface area contributed by atoms with Crippen molar-refractivity contribution in [2.75, 3.05) is 0 Å². The second-order valence-corrected chi connectivity index (χ2v) is 7.65. The summed E-state index contributed by atoms with van der Waals surface area (Å²) in [6.07, 6.45) is 1.50. The largest absolute Gasteiger partial charge is 0.401 e. The molecule has 0 saturated heterocycles. The monoisotopic (exact) mass is 484 g/mol. The zero-order valence-corrected chi connectivity index (χ0v) is 17.4. The molecule has 0 aliphatic rings. The number of halogens is 4. The summed E-state index contributed by atoms with van der Waals surface area (Å²) in [6, 6.07) is 6.45. The van der Waals surface area contributed by atoms with Gasteiger partial charge in [0.05, 0.1) is 15.9 Å². The Morgan fingerprint density at radius 3 is 2.74 bits per heavy atom. The van der Waals surface area contributed by atoms with Crippen LogP contribution in [0.25, 0.3) is 28.3 Å². The van der Waals surface area contributed by atoms with Crippen molar-refractivity contribution in [3.8, 4) is 17.4 Å². The molecule has 0 amide bonds. The molecule has 0 aliphatic heterocycles. The van der Waals surface area contributed by atoms with Crippen LogP contribution in [-0.2, 0) is 0 Å². The molecule has 0 fully saturated rings. The molecule has 0 N–H and O–H groups in total. The molecule has 4 rings (SSSR count). The summed E-state index contributed by atoms with van der Waals surface area (Å²) in [5, 5.41) is 5.57. The predicted octanol–water partition coefficient (Wildman–Crippen LogP) is 5.47. The molecule has 10 heteroatoms. The van der Waals surface area contributed by atoms with Gasteiger partial charge in [0.1, 0.15) is 15.3 Å². The topological polar surface area (TPSA) is 73.8 Å². The van der Waals surface area contributed by atoms with Gasteiger partial charge in [-0.1, -0.05) is 34.8 Å². The molecule has 136 valence electrons. The van der Waals surface area contributed by atoms with E-state index in [0.29, 0.717) is 31.2 Å². The molecule has 0 atom stereocenters. The van der Waals surface area contributed by atoms with Gasteiger partial charge in [0.25, 0.3) is 0 Å². The SMILES string of the molecule is Cc1cc(Cl)cc2c(=O)oc(-c3cc(Br)nn3-c3nccc(Cl)c3Cl)nc12. The van der Waals surface area contributed by atoms with Crippen molar-refractivity contribution in [3.63, 3.8) is 0 Å². The predicted molar refractivity (Wildman–Crippen MR) is 108 cm³/mol. The first-order valence-corrected chi connectivity index (χ1v) is 9.45. The van der Waals surface area contributed by atoms with Gasteiger partial charge in [-0.3, -0.25) is 0 Å². The summed E-state index contributed by atoms with van der Waals surface area (Å²) in [4.78, 5) is 21.2. The molecule has 1 aromatic carbocycles. The average molecular weight is 487 g/mol. The van der Waals surface area contributed by atoms with Crippen LogP contribution in [0.4, 0.5) is 0 Å². The van der Waals surface area contributed by atoms with Crippen molar-refractivity contribution in [1.82, 2.24) is 19.7 Å². The molecular formula is C17H8BrCl3N4O2. The van der Waals surface area contributed by atoms with Crippen molar-refractivity contribution >= 4 is 61.6 Å². The Morgan fingerprint density at radius 1 is 1.19 bits per heavy atom. The molecule has 3 aromatic heterocycles. The van der Waals surface area contributed by atoms with Crippen LogP contribution in [0.15, 0.2) is 44.3 Å². The van der Waals surface area contributed by atoms with Crippen LogP contribution < -0.4 is 5.63 Å². The molecule has 4 aromatic rings. The Morgan fingerprint density at radius 2 is 1.96 bits per heavy atom. The number of pyridine rings is 1. The van der Waals surface area contributed by atoms with E-state index in [-0.39, 0.29) is 16.7 Å². The van der Waals surface area contributed by atoms with Crippen LogP contribution in [0.5, 0.6) is 0 Å². The van der Waals surface area contributed by atoms with E-state index < -0.39 is 5.63 Å². The van der Waals surface area contributed by atoms with Gasteiger partial charge >= 0.3 is 5.63 Å². The zero-order chi connectivity index (χ0) is 19.3. The first kappa shape index (κ1) is 18.4. The van der Waals surface area contributed by atoms with E-state index in [1.165, 1.54) is 16.9 Å². The maximum Gasteiger partial charge on any atom is 0.347 e. The fraction of sp³-hybridized carbons (Fsp3) is 0.0588. The van der Waals surface area contributed by atoms with E-state index >= 15 is 0 Å². The fourth-order valence-electron chi connectivity index (χ4n) is 2.64.